The minimum Gasteiger partial charge on any atom is -0.462 e. The van der Waals surface area contributed by atoms with Gasteiger partial charge in [-0.1, -0.05) is 143 Å². The number of carbonyl (C=O) groups excluding carboxylic acids is 2. The van der Waals surface area contributed by atoms with E-state index in [0.717, 1.165) is 50.4 Å². The molecule has 0 saturated heterocycles. The summed E-state index contributed by atoms with van der Waals surface area (Å²) in [7, 11) is 0. The number of aliphatic hydroxyl groups is 1. The second-order valence-corrected chi connectivity index (χ2v) is 12.2. The van der Waals surface area contributed by atoms with E-state index in [4.69, 9.17) is 9.47 Å². The van der Waals surface area contributed by atoms with Crippen molar-refractivity contribution in [2.75, 3.05) is 13.2 Å². The van der Waals surface area contributed by atoms with Crippen molar-refractivity contribution in [3.63, 3.8) is 0 Å². The normalized spacial score (nSPS) is 12.3. The molecule has 38 heavy (non-hydrogen) atoms. The molecule has 1 atom stereocenters. The molecule has 0 aliphatic rings. The molecule has 0 fully saturated rings. The highest BCUT2D eigenvalue weighted by molar-refractivity contribution is 5.70. The second-order valence-electron chi connectivity index (χ2n) is 12.2. The van der Waals surface area contributed by atoms with Crippen LogP contribution in [0.4, 0.5) is 0 Å². The van der Waals surface area contributed by atoms with Crippen LogP contribution in [-0.2, 0) is 19.1 Å². The zero-order valence-electron chi connectivity index (χ0n) is 25.8. The van der Waals surface area contributed by atoms with Crippen molar-refractivity contribution in [2.24, 2.45) is 11.8 Å². The summed E-state index contributed by atoms with van der Waals surface area (Å²) < 4.78 is 10.5. The molecule has 0 aliphatic carbocycles. The number of hydrogen-bond acceptors (Lipinski definition) is 5. The third kappa shape index (κ3) is 27.9. The highest BCUT2D eigenvalue weighted by Gasteiger charge is 2.16. The zero-order chi connectivity index (χ0) is 28.3. The first-order valence-corrected chi connectivity index (χ1v) is 16.3. The molecule has 1 N–H and O–H groups in total. The summed E-state index contributed by atoms with van der Waals surface area (Å²) in [6, 6.07) is 0. The lowest BCUT2D eigenvalue weighted by atomic mass is 10.0. The molecule has 0 bridgehead atoms. The highest BCUT2D eigenvalue weighted by atomic mass is 16.6. The van der Waals surface area contributed by atoms with E-state index in [1.165, 1.54) is 89.9 Å². The number of unbranched alkanes of at least 4 members (excludes halogenated alkanes) is 16. The second kappa shape index (κ2) is 27.5. The van der Waals surface area contributed by atoms with Crippen molar-refractivity contribution < 1.29 is 24.2 Å². The van der Waals surface area contributed by atoms with E-state index in [1.54, 1.807) is 0 Å². The van der Waals surface area contributed by atoms with Gasteiger partial charge in [0.05, 0.1) is 6.61 Å². The average molecular weight is 541 g/mol. The van der Waals surface area contributed by atoms with Gasteiger partial charge in [-0.25, -0.2) is 0 Å². The van der Waals surface area contributed by atoms with Crippen LogP contribution >= 0.6 is 0 Å². The van der Waals surface area contributed by atoms with Gasteiger partial charge in [0, 0.05) is 12.8 Å². The molecule has 0 rings (SSSR count). The molecule has 0 saturated carbocycles. The Labute approximate surface area is 236 Å². The van der Waals surface area contributed by atoms with E-state index in [2.05, 4.69) is 27.7 Å². The lowest BCUT2D eigenvalue weighted by Gasteiger charge is -2.15. The van der Waals surface area contributed by atoms with E-state index < -0.39 is 6.10 Å². The molecule has 5 heteroatoms. The van der Waals surface area contributed by atoms with Gasteiger partial charge in [-0.3, -0.25) is 9.59 Å². The Balaban J connectivity index is 3.57. The van der Waals surface area contributed by atoms with Crippen molar-refractivity contribution >= 4 is 11.9 Å². The lowest BCUT2D eigenvalue weighted by molar-refractivity contribution is -0.161. The number of rotatable bonds is 28. The summed E-state index contributed by atoms with van der Waals surface area (Å²) in [5.74, 6) is 1.05. The van der Waals surface area contributed by atoms with Crippen molar-refractivity contribution in [1.82, 2.24) is 0 Å². The van der Waals surface area contributed by atoms with Crippen LogP contribution in [0.2, 0.25) is 0 Å². The van der Waals surface area contributed by atoms with E-state index in [9.17, 15) is 14.7 Å². The maximum absolute atomic E-state index is 12.1. The number of aliphatic hydroxyl groups excluding tert-OH is 1. The number of hydrogen-bond donors (Lipinski definition) is 1. The largest absolute Gasteiger partial charge is 0.462 e. The molecule has 0 aromatic carbocycles. The Bertz CT molecular complexity index is 531. The summed E-state index contributed by atoms with van der Waals surface area (Å²) in [6.45, 7) is 8.77. The number of carbonyl (C=O) groups is 2. The van der Waals surface area contributed by atoms with Crippen molar-refractivity contribution in [1.29, 1.82) is 0 Å². The Hall–Kier alpha value is -1.10. The van der Waals surface area contributed by atoms with Crippen LogP contribution in [-0.4, -0.2) is 36.4 Å². The van der Waals surface area contributed by atoms with Crippen molar-refractivity contribution in [3.05, 3.63) is 0 Å². The first kappa shape index (κ1) is 36.9. The fraction of sp³-hybridized carbons (Fsp3) is 0.939. The predicted molar refractivity (Wildman–Crippen MR) is 159 cm³/mol. The first-order valence-electron chi connectivity index (χ1n) is 16.3. The van der Waals surface area contributed by atoms with Gasteiger partial charge in [-0.05, 0) is 24.7 Å². The Morgan fingerprint density at radius 1 is 0.526 bits per heavy atom. The Morgan fingerprint density at radius 3 is 1.24 bits per heavy atom. The number of esters is 2. The van der Waals surface area contributed by atoms with Gasteiger partial charge in [0.25, 0.3) is 0 Å². The molecule has 0 aromatic rings. The quantitative estimate of drug-likeness (QED) is 0.0790. The van der Waals surface area contributed by atoms with Crippen molar-refractivity contribution in [3.8, 4) is 0 Å². The highest BCUT2D eigenvalue weighted by Crippen LogP contribution is 2.15. The van der Waals surface area contributed by atoms with E-state index in [0.29, 0.717) is 12.8 Å². The van der Waals surface area contributed by atoms with E-state index >= 15 is 0 Å². The molecule has 226 valence electrons. The Kier molecular flexibility index (Phi) is 26.7. The lowest BCUT2D eigenvalue weighted by Crippen LogP contribution is -2.28. The SMILES string of the molecule is CC(C)CCCCCCCCCCCC(=O)OC[C@H](CO)OC(=O)CCCCCCCCCCCC(C)C. The molecule has 0 spiro atoms. The van der Waals surface area contributed by atoms with Gasteiger partial charge in [0.15, 0.2) is 6.10 Å². The van der Waals surface area contributed by atoms with Crippen LogP contribution in [0.5, 0.6) is 0 Å². The smallest absolute Gasteiger partial charge is 0.306 e. The summed E-state index contributed by atoms with van der Waals surface area (Å²) in [4.78, 5) is 24.1. The van der Waals surface area contributed by atoms with Gasteiger partial charge in [-0.2, -0.15) is 0 Å². The topological polar surface area (TPSA) is 72.8 Å². The molecule has 0 radical (unpaired) electrons. The third-order valence-electron chi connectivity index (χ3n) is 7.26. The van der Waals surface area contributed by atoms with E-state index in [1.807, 2.05) is 0 Å². The monoisotopic (exact) mass is 540 g/mol. The van der Waals surface area contributed by atoms with Gasteiger partial charge in [0.2, 0.25) is 0 Å². The fourth-order valence-electron chi connectivity index (χ4n) is 4.75. The standard InChI is InChI=1S/C33H64O5/c1-29(2)23-19-15-11-7-5-9-13-17-21-25-32(35)37-28-31(27-34)38-33(36)26-22-18-14-10-6-8-12-16-20-24-30(3)4/h29-31,34H,5-28H2,1-4H3/t31-/m0/s1. The van der Waals surface area contributed by atoms with Crippen LogP contribution in [0.3, 0.4) is 0 Å². The summed E-state index contributed by atoms with van der Waals surface area (Å²) in [5, 5.41) is 9.48. The molecule has 0 aromatic heterocycles. The molecule has 0 heterocycles. The maximum Gasteiger partial charge on any atom is 0.306 e. The molecular formula is C33H64O5. The zero-order valence-corrected chi connectivity index (χ0v) is 25.8. The third-order valence-corrected chi connectivity index (χ3v) is 7.26. The molecular weight excluding hydrogens is 476 g/mol. The molecule has 0 amide bonds. The van der Waals surface area contributed by atoms with Crippen LogP contribution in [0.15, 0.2) is 0 Å². The molecule has 0 unspecified atom stereocenters. The minimum absolute atomic E-state index is 0.0605. The van der Waals surface area contributed by atoms with Gasteiger partial charge >= 0.3 is 11.9 Å². The van der Waals surface area contributed by atoms with Gasteiger partial charge in [-0.15, -0.1) is 0 Å². The Morgan fingerprint density at radius 2 is 0.868 bits per heavy atom. The average Bonchev–Trinajstić information content (AvgIpc) is 2.87. The summed E-state index contributed by atoms with van der Waals surface area (Å²) in [6.07, 6.45) is 24.5. The van der Waals surface area contributed by atoms with Gasteiger partial charge < -0.3 is 14.6 Å². The van der Waals surface area contributed by atoms with Crippen LogP contribution in [0, 0.1) is 11.8 Å². The maximum atomic E-state index is 12.1. The predicted octanol–water partition coefficient (Wildman–Crippen LogP) is 9.33. The molecule has 5 nitrogen and oxygen atoms in total. The van der Waals surface area contributed by atoms with Crippen molar-refractivity contribution in [2.45, 2.75) is 175 Å². The summed E-state index contributed by atoms with van der Waals surface area (Å²) in [5.41, 5.74) is 0. The fourth-order valence-corrected chi connectivity index (χ4v) is 4.75. The van der Waals surface area contributed by atoms with Gasteiger partial charge in [0.1, 0.15) is 6.61 Å². The van der Waals surface area contributed by atoms with Crippen LogP contribution < -0.4 is 0 Å². The van der Waals surface area contributed by atoms with Crippen LogP contribution in [0.25, 0.3) is 0 Å². The van der Waals surface area contributed by atoms with E-state index in [-0.39, 0.29) is 25.2 Å². The molecule has 0 aliphatic heterocycles. The first-order chi connectivity index (χ1) is 18.3. The summed E-state index contributed by atoms with van der Waals surface area (Å²) >= 11 is 0. The number of ether oxygens (including phenoxy) is 2. The minimum atomic E-state index is -0.761. The van der Waals surface area contributed by atoms with Crippen LogP contribution in [0.1, 0.15) is 169 Å².